The van der Waals surface area contributed by atoms with Crippen LogP contribution in [0.4, 0.5) is 5.69 Å². The van der Waals surface area contributed by atoms with Gasteiger partial charge in [0, 0.05) is 24.3 Å². The summed E-state index contributed by atoms with van der Waals surface area (Å²) in [5.41, 5.74) is 6.02. The van der Waals surface area contributed by atoms with Gasteiger partial charge in [-0.3, -0.25) is 4.79 Å². The highest BCUT2D eigenvalue weighted by Crippen LogP contribution is 2.33. The van der Waals surface area contributed by atoms with Gasteiger partial charge in [0.25, 0.3) is 0 Å². The minimum atomic E-state index is 0.551. The molecule has 3 aromatic carbocycles. The van der Waals surface area contributed by atoms with E-state index in [1.807, 2.05) is 6.07 Å². The van der Waals surface area contributed by atoms with Crippen molar-refractivity contribution in [2.45, 2.75) is 19.4 Å². The lowest BCUT2D eigenvalue weighted by Gasteiger charge is -2.36. The van der Waals surface area contributed by atoms with E-state index < -0.39 is 0 Å². The molecule has 0 spiro atoms. The van der Waals surface area contributed by atoms with Crippen molar-refractivity contribution in [1.82, 2.24) is 0 Å². The molecule has 3 aromatic rings. The average Bonchev–Trinajstić information content (AvgIpc) is 2.69. The largest absolute Gasteiger partial charge is 0.367 e. The molecule has 4 rings (SSSR count). The summed E-state index contributed by atoms with van der Waals surface area (Å²) in [7, 11) is 0. The second-order valence-electron chi connectivity index (χ2n) is 7.13. The molecule has 1 aliphatic rings. The first kappa shape index (κ1) is 16.6. The number of hydrogen-bond donors (Lipinski definition) is 0. The van der Waals surface area contributed by atoms with Gasteiger partial charge in [-0.05, 0) is 53.6 Å². The maximum atomic E-state index is 11.2. The fourth-order valence-corrected chi connectivity index (χ4v) is 3.97. The van der Waals surface area contributed by atoms with Crippen LogP contribution in [0.3, 0.4) is 0 Å². The number of nitrogens with zero attached hydrogens (tertiary/aromatic N) is 1. The van der Waals surface area contributed by atoms with Crippen LogP contribution in [0.5, 0.6) is 0 Å². The quantitative estimate of drug-likeness (QED) is 0.614. The topological polar surface area (TPSA) is 20.3 Å². The van der Waals surface area contributed by atoms with Crippen LogP contribution in [0.2, 0.25) is 0 Å². The molecule has 26 heavy (non-hydrogen) atoms. The molecule has 0 fully saturated rings. The monoisotopic (exact) mass is 341 g/mol. The summed E-state index contributed by atoms with van der Waals surface area (Å²) in [5, 5.41) is 0. The molecule has 1 atom stereocenters. The predicted octanol–water partition coefficient (Wildman–Crippen LogP) is 4.92. The minimum absolute atomic E-state index is 0.551. The maximum Gasteiger partial charge on any atom is 0.150 e. The van der Waals surface area contributed by atoms with Crippen LogP contribution < -0.4 is 4.90 Å². The molecule has 2 nitrogen and oxygen atoms in total. The third-order valence-corrected chi connectivity index (χ3v) is 5.15. The molecular weight excluding hydrogens is 318 g/mol. The molecule has 1 aliphatic heterocycles. The zero-order valence-corrected chi connectivity index (χ0v) is 14.8. The lowest BCUT2D eigenvalue weighted by Crippen LogP contribution is -2.36. The predicted molar refractivity (Wildman–Crippen MR) is 107 cm³/mol. The number of anilines is 1. The molecular formula is C24H23NO. The van der Waals surface area contributed by atoms with Crippen molar-refractivity contribution < 1.29 is 4.79 Å². The van der Waals surface area contributed by atoms with Crippen molar-refractivity contribution in [2.24, 2.45) is 5.92 Å². The van der Waals surface area contributed by atoms with Crippen LogP contribution in [0.25, 0.3) is 0 Å². The van der Waals surface area contributed by atoms with Crippen molar-refractivity contribution in [3.63, 3.8) is 0 Å². The van der Waals surface area contributed by atoms with Crippen LogP contribution in [-0.2, 0) is 19.4 Å². The number of rotatable bonds is 5. The van der Waals surface area contributed by atoms with Crippen molar-refractivity contribution in [3.8, 4) is 0 Å². The first-order chi connectivity index (χ1) is 12.8. The van der Waals surface area contributed by atoms with Gasteiger partial charge in [0.2, 0.25) is 0 Å². The Labute approximate surface area is 155 Å². The molecule has 1 heterocycles. The minimum Gasteiger partial charge on any atom is -0.367 e. The van der Waals surface area contributed by atoms with E-state index in [1.54, 1.807) is 0 Å². The van der Waals surface area contributed by atoms with Gasteiger partial charge in [0.1, 0.15) is 6.29 Å². The van der Waals surface area contributed by atoms with Gasteiger partial charge in [0.05, 0.1) is 0 Å². The number of aldehydes is 1. The van der Waals surface area contributed by atoms with Crippen molar-refractivity contribution in [3.05, 3.63) is 101 Å². The number of carbonyl (C=O) groups excluding carboxylic acids is 1. The van der Waals surface area contributed by atoms with Crippen LogP contribution in [-0.4, -0.2) is 12.8 Å². The number of carbonyl (C=O) groups is 1. The van der Waals surface area contributed by atoms with Gasteiger partial charge in [-0.2, -0.15) is 0 Å². The lowest BCUT2D eigenvalue weighted by molar-refractivity contribution is 0.112. The normalized spacial score (nSPS) is 16.2. The van der Waals surface area contributed by atoms with Crippen LogP contribution >= 0.6 is 0 Å². The van der Waals surface area contributed by atoms with E-state index in [1.165, 1.54) is 22.4 Å². The first-order valence-corrected chi connectivity index (χ1v) is 9.23. The summed E-state index contributed by atoms with van der Waals surface area (Å²) < 4.78 is 0. The summed E-state index contributed by atoms with van der Waals surface area (Å²) >= 11 is 0. The van der Waals surface area contributed by atoms with E-state index in [4.69, 9.17) is 0 Å². The summed E-state index contributed by atoms with van der Waals surface area (Å²) in [6.45, 7) is 1.94. The van der Waals surface area contributed by atoms with E-state index in [-0.39, 0.29) is 0 Å². The van der Waals surface area contributed by atoms with Gasteiger partial charge >= 0.3 is 0 Å². The SMILES string of the molecule is O=Cc1ccc2c(c1)CC(Cc1ccccc1)CN2Cc1ccccc1. The Morgan fingerprint density at radius 1 is 0.885 bits per heavy atom. The molecule has 0 aromatic heterocycles. The van der Waals surface area contributed by atoms with E-state index in [2.05, 4.69) is 77.7 Å². The smallest absolute Gasteiger partial charge is 0.150 e. The second-order valence-corrected chi connectivity index (χ2v) is 7.13. The Morgan fingerprint density at radius 3 is 2.27 bits per heavy atom. The Hall–Kier alpha value is -2.87. The molecule has 0 bridgehead atoms. The van der Waals surface area contributed by atoms with Gasteiger partial charge in [-0.25, -0.2) is 0 Å². The molecule has 1 unspecified atom stereocenters. The summed E-state index contributed by atoms with van der Waals surface area (Å²) in [5.74, 6) is 0.551. The zero-order chi connectivity index (χ0) is 17.8. The van der Waals surface area contributed by atoms with E-state index in [0.29, 0.717) is 5.92 Å². The molecule has 0 aliphatic carbocycles. The highest BCUT2D eigenvalue weighted by Gasteiger charge is 2.25. The highest BCUT2D eigenvalue weighted by atomic mass is 16.1. The summed E-state index contributed by atoms with van der Waals surface area (Å²) in [4.78, 5) is 13.7. The third kappa shape index (κ3) is 3.70. The standard InChI is InChI=1S/C24H23NO/c26-18-21-11-12-24-23(14-21)15-22(13-19-7-3-1-4-8-19)17-25(24)16-20-9-5-2-6-10-20/h1-12,14,18,22H,13,15-17H2. The number of hydrogen-bond acceptors (Lipinski definition) is 2. The van der Waals surface area contributed by atoms with Gasteiger partial charge in [0.15, 0.2) is 0 Å². The fraction of sp³-hybridized carbons (Fsp3) is 0.208. The third-order valence-electron chi connectivity index (χ3n) is 5.15. The molecule has 2 heteroatoms. The Bertz CT molecular complexity index is 873. The lowest BCUT2D eigenvalue weighted by atomic mass is 9.87. The molecule has 0 amide bonds. The molecule has 130 valence electrons. The van der Waals surface area contributed by atoms with Gasteiger partial charge in [-0.1, -0.05) is 60.7 Å². The second kappa shape index (κ2) is 7.57. The number of fused-ring (bicyclic) bond motifs is 1. The fourth-order valence-electron chi connectivity index (χ4n) is 3.97. The van der Waals surface area contributed by atoms with Crippen LogP contribution in [0, 0.1) is 5.92 Å². The van der Waals surface area contributed by atoms with E-state index in [9.17, 15) is 4.79 Å². The molecule has 0 saturated carbocycles. The maximum absolute atomic E-state index is 11.2. The Kier molecular flexibility index (Phi) is 4.83. The van der Waals surface area contributed by atoms with Crippen molar-refractivity contribution >= 4 is 12.0 Å². The van der Waals surface area contributed by atoms with Crippen molar-refractivity contribution in [2.75, 3.05) is 11.4 Å². The Balaban J connectivity index is 1.62. The van der Waals surface area contributed by atoms with Crippen LogP contribution in [0.15, 0.2) is 78.9 Å². The first-order valence-electron chi connectivity index (χ1n) is 9.23. The van der Waals surface area contributed by atoms with Crippen LogP contribution in [0.1, 0.15) is 27.0 Å². The summed E-state index contributed by atoms with van der Waals surface area (Å²) in [6.07, 6.45) is 3.04. The Morgan fingerprint density at radius 2 is 1.58 bits per heavy atom. The van der Waals surface area contributed by atoms with Gasteiger partial charge < -0.3 is 4.90 Å². The van der Waals surface area contributed by atoms with E-state index >= 15 is 0 Å². The highest BCUT2D eigenvalue weighted by molar-refractivity contribution is 5.77. The average molecular weight is 341 g/mol. The summed E-state index contributed by atoms with van der Waals surface area (Å²) in [6, 6.07) is 27.4. The molecule has 0 radical (unpaired) electrons. The molecule has 0 N–H and O–H groups in total. The van der Waals surface area contributed by atoms with E-state index in [0.717, 1.165) is 37.8 Å². The molecule has 0 saturated heterocycles. The zero-order valence-electron chi connectivity index (χ0n) is 14.8. The van der Waals surface area contributed by atoms with Gasteiger partial charge in [-0.15, -0.1) is 0 Å². The number of benzene rings is 3. The van der Waals surface area contributed by atoms with Crippen molar-refractivity contribution in [1.29, 1.82) is 0 Å².